The van der Waals surface area contributed by atoms with E-state index >= 15 is 0 Å². The Bertz CT molecular complexity index is 739. The second-order valence-electron chi connectivity index (χ2n) is 6.24. The van der Waals surface area contributed by atoms with Crippen molar-refractivity contribution in [3.63, 3.8) is 0 Å². The Labute approximate surface area is 148 Å². The Morgan fingerprint density at radius 3 is 2.16 bits per heavy atom. The fourth-order valence-electron chi connectivity index (χ4n) is 2.30. The molecule has 0 spiro atoms. The molecule has 0 heterocycles. The molecule has 2 N–H and O–H groups in total. The molecule has 25 heavy (non-hydrogen) atoms. The minimum Gasteiger partial charge on any atom is -0.481 e. The molecule has 2 amide bonds. The van der Waals surface area contributed by atoms with Crippen LogP contribution in [-0.2, 0) is 4.79 Å². The summed E-state index contributed by atoms with van der Waals surface area (Å²) in [6, 6.07) is 14.8. The number of benzene rings is 2. The second kappa shape index (κ2) is 8.33. The van der Waals surface area contributed by atoms with Crippen LogP contribution < -0.4 is 15.6 Å². The molecule has 5 heteroatoms. The zero-order valence-corrected chi connectivity index (χ0v) is 15.0. The summed E-state index contributed by atoms with van der Waals surface area (Å²) in [4.78, 5) is 24.2. The highest BCUT2D eigenvalue weighted by molar-refractivity contribution is 5.96. The van der Waals surface area contributed by atoms with Crippen LogP contribution in [0.25, 0.3) is 0 Å². The van der Waals surface area contributed by atoms with Crippen molar-refractivity contribution in [2.45, 2.75) is 39.7 Å². The zero-order valence-electron chi connectivity index (χ0n) is 15.0. The van der Waals surface area contributed by atoms with Crippen molar-refractivity contribution in [3.05, 3.63) is 65.2 Å². The number of carbonyl (C=O) groups excluding carboxylic acids is 2. The third-order valence-corrected chi connectivity index (χ3v) is 3.92. The quantitative estimate of drug-likeness (QED) is 0.820. The molecule has 0 saturated carbocycles. The molecule has 0 aliphatic carbocycles. The lowest BCUT2D eigenvalue weighted by Gasteiger charge is -2.16. The standard InChI is InChI=1S/C20H24N2O3/c1-13(2)16-9-11-17(12-10-16)25-15(4)19(23)21-22-20(24)18-8-6-5-7-14(18)3/h5-13,15H,1-4H3,(H,21,23)(H,22,24)/t15-/m0/s1. The Kier molecular flexibility index (Phi) is 6.17. The maximum atomic E-state index is 12.1. The molecule has 0 aromatic heterocycles. The van der Waals surface area contributed by atoms with Gasteiger partial charge in [0, 0.05) is 5.56 Å². The number of rotatable bonds is 5. The molecule has 5 nitrogen and oxygen atoms in total. The molecule has 0 aliphatic heterocycles. The lowest BCUT2D eigenvalue weighted by Crippen LogP contribution is -2.47. The van der Waals surface area contributed by atoms with Gasteiger partial charge < -0.3 is 4.74 Å². The first kappa shape index (κ1) is 18.5. The molecule has 0 saturated heterocycles. The van der Waals surface area contributed by atoms with Gasteiger partial charge in [-0.15, -0.1) is 0 Å². The Morgan fingerprint density at radius 2 is 1.56 bits per heavy atom. The van der Waals surface area contributed by atoms with Crippen molar-refractivity contribution >= 4 is 11.8 Å². The van der Waals surface area contributed by atoms with Gasteiger partial charge in [-0.25, -0.2) is 0 Å². The first-order valence-electron chi connectivity index (χ1n) is 8.31. The number of aryl methyl sites for hydroxylation is 1. The van der Waals surface area contributed by atoms with E-state index in [4.69, 9.17) is 4.74 Å². The van der Waals surface area contributed by atoms with Gasteiger partial charge in [-0.05, 0) is 49.1 Å². The molecule has 0 unspecified atom stereocenters. The first-order valence-corrected chi connectivity index (χ1v) is 8.31. The number of ether oxygens (including phenoxy) is 1. The number of hydrogen-bond acceptors (Lipinski definition) is 3. The van der Waals surface area contributed by atoms with Gasteiger partial charge >= 0.3 is 0 Å². The summed E-state index contributed by atoms with van der Waals surface area (Å²) in [5.74, 6) is 0.263. The molecule has 0 bridgehead atoms. The van der Waals surface area contributed by atoms with E-state index in [0.29, 0.717) is 17.2 Å². The molecular formula is C20H24N2O3. The van der Waals surface area contributed by atoms with Crippen LogP contribution in [0.4, 0.5) is 0 Å². The highest BCUT2D eigenvalue weighted by Crippen LogP contribution is 2.19. The lowest BCUT2D eigenvalue weighted by molar-refractivity contribution is -0.128. The average Bonchev–Trinajstić information content (AvgIpc) is 2.60. The largest absolute Gasteiger partial charge is 0.481 e. The van der Waals surface area contributed by atoms with Crippen LogP contribution in [0.5, 0.6) is 5.75 Å². The predicted octanol–water partition coefficient (Wildman–Crippen LogP) is 3.35. The van der Waals surface area contributed by atoms with Crippen molar-refractivity contribution in [2.24, 2.45) is 0 Å². The first-order chi connectivity index (χ1) is 11.9. The normalized spacial score (nSPS) is 11.7. The molecule has 132 valence electrons. The van der Waals surface area contributed by atoms with Gasteiger partial charge in [0.2, 0.25) is 0 Å². The van der Waals surface area contributed by atoms with Crippen LogP contribution >= 0.6 is 0 Å². The SMILES string of the molecule is Cc1ccccc1C(=O)NNC(=O)[C@H](C)Oc1ccc(C(C)C)cc1. The Morgan fingerprint density at radius 1 is 0.920 bits per heavy atom. The minimum atomic E-state index is -0.734. The van der Waals surface area contributed by atoms with E-state index in [1.807, 2.05) is 43.3 Å². The molecular weight excluding hydrogens is 316 g/mol. The summed E-state index contributed by atoms with van der Waals surface area (Å²) in [6.45, 7) is 7.70. The van der Waals surface area contributed by atoms with Crippen LogP contribution in [0.3, 0.4) is 0 Å². The van der Waals surface area contributed by atoms with Crippen molar-refractivity contribution in [3.8, 4) is 5.75 Å². The fourth-order valence-corrected chi connectivity index (χ4v) is 2.30. The van der Waals surface area contributed by atoms with E-state index in [0.717, 1.165) is 5.56 Å². The number of hydrazine groups is 1. The third-order valence-electron chi connectivity index (χ3n) is 3.92. The van der Waals surface area contributed by atoms with Crippen LogP contribution in [0.15, 0.2) is 48.5 Å². The third kappa shape index (κ3) is 5.08. The van der Waals surface area contributed by atoms with E-state index in [2.05, 4.69) is 24.7 Å². The van der Waals surface area contributed by atoms with Crippen LogP contribution in [-0.4, -0.2) is 17.9 Å². The highest BCUT2D eigenvalue weighted by atomic mass is 16.5. The lowest BCUT2D eigenvalue weighted by atomic mass is 10.0. The number of amides is 2. The topological polar surface area (TPSA) is 67.4 Å². The molecule has 2 rings (SSSR count). The van der Waals surface area contributed by atoms with Gasteiger partial charge in [0.05, 0.1) is 0 Å². The maximum Gasteiger partial charge on any atom is 0.279 e. The van der Waals surface area contributed by atoms with E-state index in [1.54, 1.807) is 19.1 Å². The fraction of sp³-hybridized carbons (Fsp3) is 0.300. The summed E-state index contributed by atoms with van der Waals surface area (Å²) in [5, 5.41) is 0. The minimum absolute atomic E-state index is 0.361. The second-order valence-corrected chi connectivity index (χ2v) is 6.24. The van der Waals surface area contributed by atoms with Crippen LogP contribution in [0, 0.1) is 6.92 Å². The molecule has 2 aromatic carbocycles. The molecule has 0 aliphatic rings. The van der Waals surface area contributed by atoms with Gasteiger partial charge in [-0.3, -0.25) is 20.4 Å². The summed E-state index contributed by atoms with van der Waals surface area (Å²) < 4.78 is 5.61. The van der Waals surface area contributed by atoms with Crippen molar-refractivity contribution < 1.29 is 14.3 Å². The number of hydrogen-bond donors (Lipinski definition) is 2. The number of carbonyl (C=O) groups is 2. The summed E-state index contributed by atoms with van der Waals surface area (Å²) in [7, 11) is 0. The van der Waals surface area contributed by atoms with Crippen LogP contribution in [0.2, 0.25) is 0 Å². The highest BCUT2D eigenvalue weighted by Gasteiger charge is 2.16. The predicted molar refractivity (Wildman–Crippen MR) is 97.4 cm³/mol. The van der Waals surface area contributed by atoms with Gasteiger partial charge in [-0.2, -0.15) is 0 Å². The Hall–Kier alpha value is -2.82. The van der Waals surface area contributed by atoms with Gasteiger partial charge in [0.1, 0.15) is 5.75 Å². The van der Waals surface area contributed by atoms with E-state index < -0.39 is 12.0 Å². The molecule has 2 aromatic rings. The maximum absolute atomic E-state index is 12.1. The van der Waals surface area contributed by atoms with Crippen molar-refractivity contribution in [2.75, 3.05) is 0 Å². The van der Waals surface area contributed by atoms with Gasteiger partial charge in [0.25, 0.3) is 11.8 Å². The molecule has 1 atom stereocenters. The van der Waals surface area contributed by atoms with Gasteiger partial charge in [0.15, 0.2) is 6.10 Å². The molecule has 0 fully saturated rings. The summed E-state index contributed by atoms with van der Waals surface area (Å²) in [6.07, 6.45) is -0.734. The summed E-state index contributed by atoms with van der Waals surface area (Å²) in [5.41, 5.74) is 7.36. The van der Waals surface area contributed by atoms with E-state index in [9.17, 15) is 9.59 Å². The van der Waals surface area contributed by atoms with E-state index in [-0.39, 0.29) is 5.91 Å². The zero-order chi connectivity index (χ0) is 18.4. The summed E-state index contributed by atoms with van der Waals surface area (Å²) >= 11 is 0. The van der Waals surface area contributed by atoms with Crippen molar-refractivity contribution in [1.82, 2.24) is 10.9 Å². The number of nitrogens with one attached hydrogen (secondary N) is 2. The smallest absolute Gasteiger partial charge is 0.279 e. The van der Waals surface area contributed by atoms with Crippen LogP contribution in [0.1, 0.15) is 48.2 Å². The average molecular weight is 340 g/mol. The monoisotopic (exact) mass is 340 g/mol. The molecule has 0 radical (unpaired) electrons. The Balaban J connectivity index is 1.88. The van der Waals surface area contributed by atoms with Crippen molar-refractivity contribution in [1.29, 1.82) is 0 Å². The van der Waals surface area contributed by atoms with E-state index in [1.165, 1.54) is 5.56 Å². The van der Waals surface area contributed by atoms with Gasteiger partial charge in [-0.1, -0.05) is 44.2 Å².